The number of aromatic nitrogens is 1. The molecular formula is C13H16N2O3. The first-order valence-electron chi connectivity index (χ1n) is 6.10. The number of carbonyl (C=O) groups is 2. The number of carbonyl (C=O) groups excluding carboxylic acids is 1. The number of likely N-dealkylation sites (tertiary alicyclic amines) is 1. The summed E-state index contributed by atoms with van der Waals surface area (Å²) in [4.78, 5) is 28.4. The average Bonchev–Trinajstić information content (AvgIpc) is 2.86. The van der Waals surface area contributed by atoms with Crippen molar-refractivity contribution in [2.24, 2.45) is 5.92 Å². The normalized spacial score (nSPS) is 18.9. The van der Waals surface area contributed by atoms with Crippen LogP contribution in [0.25, 0.3) is 0 Å². The molecule has 1 aliphatic heterocycles. The average molecular weight is 248 g/mol. The molecule has 0 spiro atoms. The van der Waals surface area contributed by atoms with E-state index in [4.69, 9.17) is 5.11 Å². The molecule has 0 saturated carbocycles. The first-order valence-corrected chi connectivity index (χ1v) is 6.10. The fourth-order valence-corrected chi connectivity index (χ4v) is 2.18. The summed E-state index contributed by atoms with van der Waals surface area (Å²) >= 11 is 0. The summed E-state index contributed by atoms with van der Waals surface area (Å²) in [6.45, 7) is 3.69. The second kappa shape index (κ2) is 5.16. The number of nitrogens with zero attached hydrogens (tertiary/aromatic N) is 2. The van der Waals surface area contributed by atoms with Gasteiger partial charge in [0.2, 0.25) is 0 Å². The zero-order valence-electron chi connectivity index (χ0n) is 10.3. The van der Waals surface area contributed by atoms with Gasteiger partial charge in [-0.25, -0.2) is 9.78 Å². The molecule has 5 nitrogen and oxygen atoms in total. The maximum absolute atomic E-state index is 12.1. The molecule has 1 unspecified atom stereocenters. The van der Waals surface area contributed by atoms with Crippen molar-refractivity contribution in [1.29, 1.82) is 0 Å². The molecule has 1 atom stereocenters. The maximum Gasteiger partial charge on any atom is 0.354 e. The van der Waals surface area contributed by atoms with Crippen LogP contribution in [0.5, 0.6) is 0 Å². The third-order valence-corrected chi connectivity index (χ3v) is 3.38. The third kappa shape index (κ3) is 2.50. The minimum Gasteiger partial charge on any atom is -0.477 e. The molecule has 2 rings (SSSR count). The van der Waals surface area contributed by atoms with Crippen molar-refractivity contribution in [3.63, 3.8) is 0 Å². The van der Waals surface area contributed by atoms with Crippen molar-refractivity contribution in [3.05, 3.63) is 29.6 Å². The van der Waals surface area contributed by atoms with E-state index in [0.29, 0.717) is 11.5 Å². The number of hydrogen-bond acceptors (Lipinski definition) is 3. The van der Waals surface area contributed by atoms with Crippen LogP contribution in [0, 0.1) is 5.92 Å². The lowest BCUT2D eigenvalue weighted by Crippen LogP contribution is -2.28. The summed E-state index contributed by atoms with van der Waals surface area (Å²) in [6, 6.07) is 2.89. The Kier molecular flexibility index (Phi) is 3.60. The summed E-state index contributed by atoms with van der Waals surface area (Å²) in [7, 11) is 0. The van der Waals surface area contributed by atoms with Crippen LogP contribution in [-0.2, 0) is 0 Å². The minimum absolute atomic E-state index is 0.0422. The van der Waals surface area contributed by atoms with Crippen molar-refractivity contribution >= 4 is 11.9 Å². The Morgan fingerprint density at radius 2 is 2.28 bits per heavy atom. The highest BCUT2D eigenvalue weighted by Crippen LogP contribution is 2.20. The van der Waals surface area contributed by atoms with Gasteiger partial charge in [0.05, 0.1) is 5.56 Å². The zero-order valence-corrected chi connectivity index (χ0v) is 10.3. The minimum atomic E-state index is -1.08. The van der Waals surface area contributed by atoms with Crippen molar-refractivity contribution in [1.82, 2.24) is 9.88 Å². The smallest absolute Gasteiger partial charge is 0.354 e. The number of carboxylic acid groups (broad SMARTS) is 1. The molecule has 1 amide bonds. The molecule has 0 aliphatic carbocycles. The molecule has 1 N–H and O–H groups in total. The van der Waals surface area contributed by atoms with E-state index in [1.165, 1.54) is 18.3 Å². The van der Waals surface area contributed by atoms with Crippen LogP contribution in [0.3, 0.4) is 0 Å². The Hall–Kier alpha value is -1.91. The maximum atomic E-state index is 12.1. The second-order valence-electron chi connectivity index (χ2n) is 4.55. The van der Waals surface area contributed by atoms with Crippen LogP contribution in [0.4, 0.5) is 0 Å². The highest BCUT2D eigenvalue weighted by molar-refractivity contribution is 5.95. The topological polar surface area (TPSA) is 70.5 Å². The van der Waals surface area contributed by atoms with Crippen LogP contribution in [0.15, 0.2) is 18.3 Å². The summed E-state index contributed by atoms with van der Waals surface area (Å²) in [5, 5.41) is 8.73. The summed E-state index contributed by atoms with van der Waals surface area (Å²) < 4.78 is 0. The van der Waals surface area contributed by atoms with Gasteiger partial charge < -0.3 is 10.0 Å². The lowest BCUT2D eigenvalue weighted by atomic mass is 10.1. The van der Waals surface area contributed by atoms with E-state index >= 15 is 0 Å². The molecule has 2 heterocycles. The van der Waals surface area contributed by atoms with E-state index < -0.39 is 5.97 Å². The van der Waals surface area contributed by atoms with E-state index in [0.717, 1.165) is 25.9 Å². The van der Waals surface area contributed by atoms with Gasteiger partial charge in [-0.15, -0.1) is 0 Å². The largest absolute Gasteiger partial charge is 0.477 e. The molecule has 1 fully saturated rings. The number of pyridine rings is 1. The molecule has 1 aliphatic rings. The number of aromatic carboxylic acids is 1. The molecule has 18 heavy (non-hydrogen) atoms. The summed E-state index contributed by atoms with van der Waals surface area (Å²) in [5.41, 5.74) is 0.413. The monoisotopic (exact) mass is 248 g/mol. The van der Waals surface area contributed by atoms with E-state index in [1.807, 2.05) is 4.90 Å². The zero-order chi connectivity index (χ0) is 13.1. The lowest BCUT2D eigenvalue weighted by molar-refractivity contribution is 0.0688. The number of rotatable bonds is 3. The number of amides is 1. The van der Waals surface area contributed by atoms with Crippen LogP contribution in [-0.4, -0.2) is 40.0 Å². The van der Waals surface area contributed by atoms with Gasteiger partial charge in [0.15, 0.2) is 0 Å². The molecule has 0 radical (unpaired) electrons. The van der Waals surface area contributed by atoms with Crippen molar-refractivity contribution in [2.45, 2.75) is 19.8 Å². The Morgan fingerprint density at radius 1 is 1.50 bits per heavy atom. The predicted molar refractivity (Wildman–Crippen MR) is 65.5 cm³/mol. The molecule has 5 heteroatoms. The van der Waals surface area contributed by atoms with Gasteiger partial charge in [-0.1, -0.05) is 13.3 Å². The fraction of sp³-hybridized carbons (Fsp3) is 0.462. The standard InChI is InChI=1S/C13H16N2O3/c1-2-9-5-6-15(8-9)12(16)10-3-4-11(13(17)18)14-7-10/h3-4,7,9H,2,5-6,8H2,1H3,(H,17,18). The highest BCUT2D eigenvalue weighted by Gasteiger charge is 2.25. The van der Waals surface area contributed by atoms with Crippen molar-refractivity contribution < 1.29 is 14.7 Å². The van der Waals surface area contributed by atoms with Gasteiger partial charge >= 0.3 is 5.97 Å². The Labute approximate surface area is 105 Å². The Morgan fingerprint density at radius 3 is 2.78 bits per heavy atom. The first-order chi connectivity index (χ1) is 8.61. The number of hydrogen-bond donors (Lipinski definition) is 1. The van der Waals surface area contributed by atoms with Gasteiger partial charge in [-0.05, 0) is 24.5 Å². The summed E-state index contributed by atoms with van der Waals surface area (Å²) in [5.74, 6) is -0.559. The second-order valence-corrected chi connectivity index (χ2v) is 4.55. The quantitative estimate of drug-likeness (QED) is 0.883. The molecule has 1 aromatic heterocycles. The van der Waals surface area contributed by atoms with Gasteiger partial charge in [-0.3, -0.25) is 4.79 Å². The van der Waals surface area contributed by atoms with Crippen LogP contribution in [0.1, 0.15) is 40.6 Å². The molecular weight excluding hydrogens is 232 g/mol. The highest BCUT2D eigenvalue weighted by atomic mass is 16.4. The van der Waals surface area contributed by atoms with E-state index in [-0.39, 0.29) is 11.6 Å². The van der Waals surface area contributed by atoms with Crippen molar-refractivity contribution in [3.8, 4) is 0 Å². The van der Waals surface area contributed by atoms with Crippen LogP contribution in [0.2, 0.25) is 0 Å². The van der Waals surface area contributed by atoms with Gasteiger partial charge in [-0.2, -0.15) is 0 Å². The van der Waals surface area contributed by atoms with Crippen LogP contribution < -0.4 is 0 Å². The van der Waals surface area contributed by atoms with Gasteiger partial charge in [0.1, 0.15) is 5.69 Å². The SMILES string of the molecule is CCC1CCN(C(=O)c2ccc(C(=O)O)nc2)C1. The van der Waals surface area contributed by atoms with E-state index in [2.05, 4.69) is 11.9 Å². The van der Waals surface area contributed by atoms with Crippen molar-refractivity contribution in [2.75, 3.05) is 13.1 Å². The Balaban J connectivity index is 2.07. The molecule has 1 aromatic rings. The molecule has 1 saturated heterocycles. The fourth-order valence-electron chi connectivity index (χ4n) is 2.18. The molecule has 96 valence electrons. The summed E-state index contributed by atoms with van der Waals surface area (Å²) in [6.07, 6.45) is 3.47. The lowest BCUT2D eigenvalue weighted by Gasteiger charge is -2.16. The van der Waals surface area contributed by atoms with E-state index in [1.54, 1.807) is 0 Å². The van der Waals surface area contributed by atoms with Gasteiger partial charge in [0.25, 0.3) is 5.91 Å². The first kappa shape index (κ1) is 12.5. The number of carboxylic acids is 1. The Bertz CT molecular complexity index is 456. The molecule has 0 bridgehead atoms. The van der Waals surface area contributed by atoms with E-state index in [9.17, 15) is 9.59 Å². The van der Waals surface area contributed by atoms with Crippen LogP contribution >= 0.6 is 0 Å². The van der Waals surface area contributed by atoms with Gasteiger partial charge in [0, 0.05) is 19.3 Å². The predicted octanol–water partition coefficient (Wildman–Crippen LogP) is 1.65. The molecule has 0 aromatic carbocycles. The third-order valence-electron chi connectivity index (χ3n) is 3.38.